The monoisotopic (exact) mass is 633 g/mol. The molecule has 18 heteroatoms. The van der Waals surface area contributed by atoms with Gasteiger partial charge in [-0.3, -0.25) is 18.9 Å². The van der Waals surface area contributed by atoms with E-state index < -0.39 is 86.4 Å². The van der Waals surface area contributed by atoms with E-state index in [1.807, 2.05) is 0 Å². The molecule has 0 bridgehead atoms. The molecule has 0 fully saturated rings. The summed E-state index contributed by atoms with van der Waals surface area (Å²) in [5.74, 6) is -4.22. The first-order valence-corrected chi connectivity index (χ1v) is 14.4. The van der Waals surface area contributed by atoms with Crippen molar-refractivity contribution in [2.75, 3.05) is 20.0 Å². The van der Waals surface area contributed by atoms with Crippen LogP contribution in [0.1, 0.15) is 53.1 Å². The maximum Gasteiger partial charge on any atom is 0.511 e. The van der Waals surface area contributed by atoms with Gasteiger partial charge in [0.25, 0.3) is 11.8 Å². The van der Waals surface area contributed by atoms with E-state index in [2.05, 4.69) is 9.84 Å². The number of pyridine rings is 1. The van der Waals surface area contributed by atoms with Crippen molar-refractivity contribution in [3.05, 3.63) is 63.1 Å². The number of phosphoric acid groups is 1. The minimum absolute atomic E-state index is 0.0701. The first-order valence-electron chi connectivity index (χ1n) is 12.9. The van der Waals surface area contributed by atoms with Crippen LogP contribution in [0.15, 0.2) is 29.2 Å². The van der Waals surface area contributed by atoms with Gasteiger partial charge in [0.15, 0.2) is 5.69 Å². The van der Waals surface area contributed by atoms with E-state index >= 15 is 0 Å². The molecular formula is C25H30F2N3O12P. The fourth-order valence-electron chi connectivity index (χ4n) is 4.02. The van der Waals surface area contributed by atoms with Crippen LogP contribution >= 0.6 is 7.82 Å². The summed E-state index contributed by atoms with van der Waals surface area (Å²) in [6.07, 6.45) is -1.21. The Hall–Kier alpha value is -3.89. The van der Waals surface area contributed by atoms with Crippen molar-refractivity contribution >= 4 is 25.8 Å². The average Bonchev–Trinajstić information content (AvgIpc) is 2.92. The number of nitrogens with zero attached hydrogens (tertiary/aromatic N) is 2. The molecule has 0 unspecified atom stereocenters. The number of aromatic nitrogens is 1. The van der Waals surface area contributed by atoms with E-state index in [4.69, 9.17) is 24.0 Å². The van der Waals surface area contributed by atoms with Crippen LogP contribution in [0.2, 0.25) is 0 Å². The number of carbonyl (C=O) groups is 3. The van der Waals surface area contributed by atoms with Gasteiger partial charge in [0.05, 0.1) is 19.8 Å². The van der Waals surface area contributed by atoms with Gasteiger partial charge in [-0.05, 0) is 19.4 Å². The summed E-state index contributed by atoms with van der Waals surface area (Å²) in [6, 6.07) is 2.27. The number of amides is 2. The lowest BCUT2D eigenvalue weighted by atomic mass is 10.1. The van der Waals surface area contributed by atoms with Crippen molar-refractivity contribution < 1.29 is 61.4 Å². The molecule has 3 rings (SSSR count). The van der Waals surface area contributed by atoms with E-state index in [1.165, 1.54) is 0 Å². The number of carbonyl (C=O) groups excluding carboxylic acids is 3. The molecule has 0 aliphatic carbocycles. The minimum Gasteiger partial charge on any atom is -0.451 e. The first kappa shape index (κ1) is 33.6. The number of hydrogen-bond donors (Lipinski definition) is 4. The number of aliphatic hydroxyl groups excluding tert-OH is 1. The predicted octanol–water partition coefficient (Wildman–Crippen LogP) is 1.62. The molecule has 1 aliphatic heterocycles. The molecule has 1 aliphatic rings. The molecule has 43 heavy (non-hydrogen) atoms. The molecule has 2 atom stereocenters. The number of aliphatic hydroxyl groups is 1. The van der Waals surface area contributed by atoms with Crippen molar-refractivity contribution in [3.63, 3.8) is 0 Å². The molecule has 0 saturated carbocycles. The summed E-state index contributed by atoms with van der Waals surface area (Å²) >= 11 is 0. The van der Waals surface area contributed by atoms with E-state index in [1.54, 1.807) is 13.8 Å². The van der Waals surface area contributed by atoms with Crippen LogP contribution in [-0.2, 0) is 31.7 Å². The van der Waals surface area contributed by atoms with Crippen LogP contribution < -0.4 is 15.5 Å². The summed E-state index contributed by atoms with van der Waals surface area (Å²) < 4.78 is 58.0. The Balaban J connectivity index is 1.81. The molecule has 4 N–H and O–H groups in total. The SMILES string of the molecule is CC[C@H](C)N1C(=O)c2c(OCOC(=O)OCCCOP(=O)(O)O)c(=O)c(C(=O)NCc3ccc(F)cc3F)cn2C[C@H]1O. The standard InChI is InChI=1S/C25H30F2N3O12P/c1-3-14(2)30-19(31)12-29-11-17(23(33)28-10-15-5-6-16(26)9-18(15)27)21(32)22(20(29)24(30)34)40-13-41-25(35)39-7-4-8-42-43(36,37)38/h5-6,9,11,14,19,31H,3-4,7-8,10,12-13H2,1-2H3,(H,28,33)(H2,36,37,38)/t14-,19+/m0/s1. The van der Waals surface area contributed by atoms with Gasteiger partial charge < -0.3 is 43.9 Å². The Kier molecular flexibility index (Phi) is 11.4. The molecule has 0 spiro atoms. The summed E-state index contributed by atoms with van der Waals surface area (Å²) in [7, 11) is -4.68. The number of nitrogens with one attached hydrogen (secondary N) is 1. The van der Waals surface area contributed by atoms with Gasteiger partial charge in [0.1, 0.15) is 23.4 Å². The summed E-state index contributed by atoms with van der Waals surface area (Å²) in [6.45, 7) is 1.07. The van der Waals surface area contributed by atoms with E-state index in [-0.39, 0.29) is 30.8 Å². The zero-order valence-corrected chi connectivity index (χ0v) is 23.9. The molecule has 2 heterocycles. The van der Waals surface area contributed by atoms with E-state index in [0.717, 1.165) is 27.8 Å². The number of phosphoric ester groups is 1. The van der Waals surface area contributed by atoms with Crippen LogP contribution in [-0.4, -0.2) is 74.6 Å². The third kappa shape index (κ3) is 8.81. The van der Waals surface area contributed by atoms with Gasteiger partial charge in [-0.25, -0.2) is 18.1 Å². The number of hydrogen-bond acceptors (Lipinski definition) is 10. The largest absolute Gasteiger partial charge is 0.511 e. The predicted molar refractivity (Wildman–Crippen MR) is 141 cm³/mol. The summed E-state index contributed by atoms with van der Waals surface area (Å²) in [5, 5.41) is 13.0. The number of ether oxygens (including phenoxy) is 3. The number of halogens is 2. The van der Waals surface area contributed by atoms with Gasteiger partial charge in [0, 0.05) is 36.8 Å². The number of benzene rings is 1. The zero-order chi connectivity index (χ0) is 31.9. The van der Waals surface area contributed by atoms with Gasteiger partial charge in [-0.1, -0.05) is 13.0 Å². The smallest absolute Gasteiger partial charge is 0.451 e. The fourth-order valence-corrected chi connectivity index (χ4v) is 4.39. The lowest BCUT2D eigenvalue weighted by Crippen LogP contribution is -2.53. The Labute approximate surface area is 243 Å². The first-order chi connectivity index (χ1) is 20.2. The molecular weight excluding hydrogens is 603 g/mol. The highest BCUT2D eigenvalue weighted by Gasteiger charge is 2.38. The van der Waals surface area contributed by atoms with Gasteiger partial charge >= 0.3 is 14.0 Å². The van der Waals surface area contributed by atoms with Crippen LogP contribution in [0.4, 0.5) is 13.6 Å². The van der Waals surface area contributed by atoms with Gasteiger partial charge in [0.2, 0.25) is 18.0 Å². The van der Waals surface area contributed by atoms with Crippen LogP contribution in [0, 0.1) is 11.6 Å². The topological polar surface area (TPSA) is 203 Å². The molecule has 0 radical (unpaired) electrons. The van der Waals surface area contributed by atoms with E-state index in [9.17, 15) is 37.6 Å². The highest BCUT2D eigenvalue weighted by atomic mass is 31.2. The van der Waals surface area contributed by atoms with Crippen molar-refractivity contribution in [3.8, 4) is 5.75 Å². The Morgan fingerprint density at radius 1 is 1.19 bits per heavy atom. The van der Waals surface area contributed by atoms with Crippen LogP contribution in [0.25, 0.3) is 0 Å². The highest BCUT2D eigenvalue weighted by Crippen LogP contribution is 2.35. The minimum atomic E-state index is -4.68. The normalized spacial score (nSPS) is 15.5. The van der Waals surface area contributed by atoms with Crippen molar-refractivity contribution in [2.45, 2.75) is 52.0 Å². The third-order valence-electron chi connectivity index (χ3n) is 6.27. The zero-order valence-electron chi connectivity index (χ0n) is 23.0. The van der Waals surface area contributed by atoms with Crippen molar-refractivity contribution in [1.82, 2.24) is 14.8 Å². The lowest BCUT2D eigenvalue weighted by Gasteiger charge is -2.38. The van der Waals surface area contributed by atoms with Gasteiger partial charge in [-0.2, -0.15) is 0 Å². The molecule has 0 saturated heterocycles. The molecule has 2 amide bonds. The second kappa shape index (κ2) is 14.5. The molecule has 1 aromatic carbocycles. The molecule has 15 nitrogen and oxygen atoms in total. The Morgan fingerprint density at radius 2 is 1.91 bits per heavy atom. The second-order valence-electron chi connectivity index (χ2n) is 9.25. The highest BCUT2D eigenvalue weighted by molar-refractivity contribution is 7.46. The summed E-state index contributed by atoms with van der Waals surface area (Å²) in [4.78, 5) is 70.0. The second-order valence-corrected chi connectivity index (χ2v) is 10.5. The molecule has 236 valence electrons. The maximum atomic E-state index is 14.0. The third-order valence-corrected chi connectivity index (χ3v) is 6.79. The quantitative estimate of drug-likeness (QED) is 0.108. The van der Waals surface area contributed by atoms with Crippen molar-refractivity contribution in [2.24, 2.45) is 0 Å². The fraction of sp³-hybridized carbons (Fsp3) is 0.440. The lowest BCUT2D eigenvalue weighted by molar-refractivity contribution is -0.0304. The van der Waals surface area contributed by atoms with Crippen molar-refractivity contribution in [1.29, 1.82) is 0 Å². The number of fused-ring (bicyclic) bond motifs is 1. The number of rotatable bonds is 13. The van der Waals surface area contributed by atoms with Crippen LogP contribution in [0.5, 0.6) is 5.75 Å². The van der Waals surface area contributed by atoms with E-state index in [0.29, 0.717) is 12.5 Å². The van der Waals surface area contributed by atoms with Gasteiger partial charge in [-0.15, -0.1) is 0 Å². The Morgan fingerprint density at radius 3 is 2.56 bits per heavy atom. The Bertz CT molecular complexity index is 1460. The average molecular weight is 633 g/mol. The van der Waals surface area contributed by atoms with Crippen LogP contribution in [0.3, 0.4) is 0 Å². The maximum absolute atomic E-state index is 14.0. The molecule has 1 aromatic heterocycles. The molecule has 2 aromatic rings. The summed E-state index contributed by atoms with van der Waals surface area (Å²) in [5.41, 5.74) is -2.03.